The maximum Gasteiger partial charge on any atom is 0.283 e. The SMILES string of the molecule is C#CCN(CC)C(=O)c1ccc(Cl)cc1[N+](=O)[O-]. The van der Waals surface area contributed by atoms with Gasteiger partial charge in [-0.3, -0.25) is 14.9 Å². The van der Waals surface area contributed by atoms with Crippen LogP contribution < -0.4 is 0 Å². The standard InChI is InChI=1S/C12H11ClN2O3/c1-3-7-14(4-2)12(16)10-6-5-9(13)8-11(10)15(17)18/h1,5-6,8H,4,7H2,2H3. The molecule has 0 atom stereocenters. The number of hydrogen-bond donors (Lipinski definition) is 0. The molecule has 5 nitrogen and oxygen atoms in total. The van der Waals surface area contributed by atoms with E-state index in [1.807, 2.05) is 0 Å². The van der Waals surface area contributed by atoms with Gasteiger partial charge >= 0.3 is 0 Å². The summed E-state index contributed by atoms with van der Waals surface area (Å²) in [5.41, 5.74) is -0.329. The van der Waals surface area contributed by atoms with Crippen LogP contribution in [0.25, 0.3) is 0 Å². The Kier molecular flexibility index (Phi) is 4.69. The zero-order chi connectivity index (χ0) is 13.7. The lowest BCUT2D eigenvalue weighted by atomic mass is 10.1. The Balaban J connectivity index is 3.20. The van der Waals surface area contributed by atoms with Gasteiger partial charge in [-0.25, -0.2) is 0 Å². The predicted octanol–water partition coefficient (Wildman–Crippen LogP) is 2.34. The molecule has 0 N–H and O–H groups in total. The Bertz CT molecular complexity index is 523. The Hall–Kier alpha value is -2.06. The Morgan fingerprint density at radius 3 is 2.78 bits per heavy atom. The minimum absolute atomic E-state index is 0.0125. The first-order valence-electron chi connectivity index (χ1n) is 5.18. The van der Waals surface area contributed by atoms with E-state index in [1.54, 1.807) is 6.92 Å². The Morgan fingerprint density at radius 2 is 2.28 bits per heavy atom. The zero-order valence-electron chi connectivity index (χ0n) is 9.72. The van der Waals surface area contributed by atoms with Crippen LogP contribution in [0.3, 0.4) is 0 Å². The predicted molar refractivity (Wildman–Crippen MR) is 68.5 cm³/mol. The van der Waals surface area contributed by atoms with Crippen molar-refractivity contribution >= 4 is 23.2 Å². The van der Waals surface area contributed by atoms with Gasteiger partial charge in [0.25, 0.3) is 11.6 Å². The number of nitrogens with zero attached hydrogens (tertiary/aromatic N) is 2. The quantitative estimate of drug-likeness (QED) is 0.477. The molecule has 0 heterocycles. The van der Waals surface area contributed by atoms with E-state index < -0.39 is 10.8 Å². The Labute approximate surface area is 109 Å². The van der Waals surface area contributed by atoms with E-state index in [-0.39, 0.29) is 22.8 Å². The number of carbonyl (C=O) groups excluding carboxylic acids is 1. The van der Waals surface area contributed by atoms with Crippen molar-refractivity contribution in [3.63, 3.8) is 0 Å². The van der Waals surface area contributed by atoms with Gasteiger partial charge in [-0.1, -0.05) is 17.5 Å². The minimum atomic E-state index is -0.636. The average molecular weight is 267 g/mol. The van der Waals surface area contributed by atoms with Crippen LogP contribution in [-0.4, -0.2) is 28.8 Å². The molecular formula is C12H11ClN2O3. The largest absolute Gasteiger partial charge is 0.328 e. The number of hydrogen-bond acceptors (Lipinski definition) is 3. The summed E-state index contributed by atoms with van der Waals surface area (Å²) in [6.07, 6.45) is 5.14. The summed E-state index contributed by atoms with van der Waals surface area (Å²) in [7, 11) is 0. The number of nitro groups is 1. The number of rotatable bonds is 4. The lowest BCUT2D eigenvalue weighted by Crippen LogP contribution is -2.31. The summed E-state index contributed by atoms with van der Waals surface area (Å²) in [5.74, 6) is 1.87. The lowest BCUT2D eigenvalue weighted by molar-refractivity contribution is -0.385. The summed E-state index contributed by atoms with van der Waals surface area (Å²) < 4.78 is 0. The lowest BCUT2D eigenvalue weighted by Gasteiger charge is -2.17. The molecule has 0 aliphatic heterocycles. The Morgan fingerprint density at radius 1 is 1.61 bits per heavy atom. The molecule has 1 amide bonds. The second-order valence-electron chi connectivity index (χ2n) is 3.44. The van der Waals surface area contributed by atoms with E-state index in [2.05, 4.69) is 5.92 Å². The molecule has 1 aromatic rings. The van der Waals surface area contributed by atoms with Crippen molar-refractivity contribution in [2.45, 2.75) is 6.92 Å². The first-order valence-corrected chi connectivity index (χ1v) is 5.55. The van der Waals surface area contributed by atoms with Gasteiger partial charge in [-0.15, -0.1) is 6.42 Å². The fourth-order valence-electron chi connectivity index (χ4n) is 1.44. The molecule has 0 spiro atoms. The molecule has 1 aromatic carbocycles. The van der Waals surface area contributed by atoms with Crippen molar-refractivity contribution in [1.82, 2.24) is 4.90 Å². The van der Waals surface area contributed by atoms with Crippen LogP contribution >= 0.6 is 11.6 Å². The maximum atomic E-state index is 12.1. The van der Waals surface area contributed by atoms with Crippen molar-refractivity contribution in [2.75, 3.05) is 13.1 Å². The molecule has 0 aromatic heterocycles. The number of carbonyl (C=O) groups is 1. The normalized spacial score (nSPS) is 9.61. The number of amides is 1. The summed E-state index contributed by atoms with van der Waals surface area (Å²) in [5, 5.41) is 11.1. The molecule has 6 heteroatoms. The van der Waals surface area contributed by atoms with E-state index >= 15 is 0 Å². The van der Waals surface area contributed by atoms with Crippen molar-refractivity contribution in [2.24, 2.45) is 0 Å². The van der Waals surface area contributed by atoms with Gasteiger partial charge in [0.15, 0.2) is 0 Å². The third-order valence-electron chi connectivity index (χ3n) is 2.34. The molecular weight excluding hydrogens is 256 g/mol. The number of terminal acetylenes is 1. The number of halogens is 1. The summed E-state index contributed by atoms with van der Waals surface area (Å²) in [6, 6.07) is 3.92. The van der Waals surface area contributed by atoms with Crippen LogP contribution in [0, 0.1) is 22.5 Å². The van der Waals surface area contributed by atoms with Crippen LogP contribution in [0.15, 0.2) is 18.2 Å². The molecule has 0 aliphatic rings. The van der Waals surface area contributed by atoms with Crippen molar-refractivity contribution < 1.29 is 9.72 Å². The molecule has 0 radical (unpaired) electrons. The topological polar surface area (TPSA) is 63.5 Å². The van der Waals surface area contributed by atoms with Gasteiger partial charge in [0.1, 0.15) is 5.56 Å². The summed E-state index contributed by atoms with van der Waals surface area (Å²) >= 11 is 5.68. The van der Waals surface area contributed by atoms with E-state index in [1.165, 1.54) is 17.0 Å². The molecule has 0 unspecified atom stereocenters. The highest BCUT2D eigenvalue weighted by Crippen LogP contribution is 2.24. The van der Waals surface area contributed by atoms with E-state index in [0.717, 1.165) is 6.07 Å². The monoisotopic (exact) mass is 266 g/mol. The molecule has 0 bridgehead atoms. The third-order valence-corrected chi connectivity index (χ3v) is 2.57. The highest BCUT2D eigenvalue weighted by Gasteiger charge is 2.23. The first kappa shape index (κ1) is 14.0. The second-order valence-corrected chi connectivity index (χ2v) is 3.88. The van der Waals surface area contributed by atoms with Gasteiger partial charge in [0, 0.05) is 17.6 Å². The molecule has 18 heavy (non-hydrogen) atoms. The molecule has 0 fully saturated rings. The van der Waals surface area contributed by atoms with Crippen LogP contribution in [0.2, 0.25) is 5.02 Å². The van der Waals surface area contributed by atoms with Gasteiger partial charge in [0.2, 0.25) is 0 Å². The van der Waals surface area contributed by atoms with Crippen molar-refractivity contribution in [3.8, 4) is 12.3 Å². The molecule has 1 rings (SSSR count). The number of benzene rings is 1. The molecule has 0 saturated heterocycles. The average Bonchev–Trinajstić information content (AvgIpc) is 2.35. The summed E-state index contributed by atoms with van der Waals surface area (Å²) in [4.78, 5) is 23.7. The highest BCUT2D eigenvalue weighted by molar-refractivity contribution is 6.31. The van der Waals surface area contributed by atoms with Gasteiger partial charge in [0.05, 0.1) is 11.5 Å². The molecule has 0 aliphatic carbocycles. The highest BCUT2D eigenvalue weighted by atomic mass is 35.5. The summed E-state index contributed by atoms with van der Waals surface area (Å²) in [6.45, 7) is 2.23. The van der Waals surface area contributed by atoms with Crippen LogP contribution in [0.4, 0.5) is 5.69 Å². The third kappa shape index (κ3) is 2.99. The van der Waals surface area contributed by atoms with Crippen LogP contribution in [0.1, 0.15) is 17.3 Å². The van der Waals surface area contributed by atoms with Crippen molar-refractivity contribution in [1.29, 1.82) is 0 Å². The van der Waals surface area contributed by atoms with Gasteiger partial charge in [-0.2, -0.15) is 0 Å². The van der Waals surface area contributed by atoms with E-state index in [9.17, 15) is 14.9 Å². The zero-order valence-corrected chi connectivity index (χ0v) is 10.5. The molecule has 0 saturated carbocycles. The van der Waals surface area contributed by atoms with Crippen LogP contribution in [-0.2, 0) is 0 Å². The smallest absolute Gasteiger partial charge is 0.283 e. The van der Waals surface area contributed by atoms with Gasteiger partial charge < -0.3 is 4.90 Å². The van der Waals surface area contributed by atoms with E-state index in [4.69, 9.17) is 18.0 Å². The van der Waals surface area contributed by atoms with Crippen molar-refractivity contribution in [3.05, 3.63) is 38.9 Å². The van der Waals surface area contributed by atoms with E-state index in [0.29, 0.717) is 6.54 Å². The molecule has 94 valence electrons. The first-order chi connectivity index (χ1) is 8.51. The van der Waals surface area contributed by atoms with Gasteiger partial charge in [-0.05, 0) is 19.1 Å². The number of nitro benzene ring substituents is 1. The van der Waals surface area contributed by atoms with Crippen LogP contribution in [0.5, 0.6) is 0 Å². The fourth-order valence-corrected chi connectivity index (χ4v) is 1.61. The fraction of sp³-hybridized carbons (Fsp3) is 0.250. The minimum Gasteiger partial charge on any atom is -0.328 e. The second kappa shape index (κ2) is 6.03. The maximum absolute atomic E-state index is 12.1.